The van der Waals surface area contributed by atoms with Crippen molar-refractivity contribution in [1.82, 2.24) is 0 Å². The SMILES string of the molecule is CC(C)C/C=C1/CC(=O)OC1=O. The molecule has 0 amide bonds. The van der Waals surface area contributed by atoms with Crippen LogP contribution in [0.4, 0.5) is 0 Å². The summed E-state index contributed by atoms with van der Waals surface area (Å²) < 4.78 is 4.36. The summed E-state index contributed by atoms with van der Waals surface area (Å²) in [5.41, 5.74) is 0.508. The molecule has 0 N–H and O–H groups in total. The zero-order valence-corrected chi connectivity index (χ0v) is 7.29. The first-order chi connectivity index (χ1) is 5.59. The van der Waals surface area contributed by atoms with Crippen LogP contribution in [0.3, 0.4) is 0 Å². The number of rotatable bonds is 2. The van der Waals surface area contributed by atoms with E-state index in [0.717, 1.165) is 6.42 Å². The van der Waals surface area contributed by atoms with Crippen LogP contribution < -0.4 is 0 Å². The molecule has 0 aromatic rings. The fraction of sp³-hybridized carbons (Fsp3) is 0.556. The lowest BCUT2D eigenvalue weighted by atomic mass is 10.1. The molecular formula is C9H12O3. The Kier molecular flexibility index (Phi) is 2.63. The number of allylic oxidation sites excluding steroid dienone is 1. The standard InChI is InChI=1S/C9H12O3/c1-6(2)3-4-7-5-8(10)12-9(7)11/h4,6H,3,5H2,1-2H3/b7-4-. The summed E-state index contributed by atoms with van der Waals surface area (Å²) in [6, 6.07) is 0. The molecule has 66 valence electrons. The predicted octanol–water partition coefficient (Wildman–Crippen LogP) is 1.43. The van der Waals surface area contributed by atoms with E-state index in [1.54, 1.807) is 6.08 Å². The van der Waals surface area contributed by atoms with E-state index in [2.05, 4.69) is 18.6 Å². The minimum Gasteiger partial charge on any atom is -0.389 e. The first-order valence-corrected chi connectivity index (χ1v) is 4.03. The van der Waals surface area contributed by atoms with Gasteiger partial charge in [-0.05, 0) is 12.3 Å². The van der Waals surface area contributed by atoms with E-state index in [0.29, 0.717) is 11.5 Å². The van der Waals surface area contributed by atoms with Crippen LogP contribution in [-0.4, -0.2) is 11.9 Å². The number of hydrogen-bond acceptors (Lipinski definition) is 3. The van der Waals surface area contributed by atoms with E-state index < -0.39 is 11.9 Å². The summed E-state index contributed by atoms with van der Waals surface area (Å²) in [5.74, 6) is -0.406. The zero-order chi connectivity index (χ0) is 9.14. The monoisotopic (exact) mass is 168 g/mol. The number of cyclic esters (lactones) is 2. The Morgan fingerprint density at radius 3 is 2.58 bits per heavy atom. The highest BCUT2D eigenvalue weighted by Crippen LogP contribution is 2.16. The number of hydrogen-bond donors (Lipinski definition) is 0. The third-order valence-electron chi connectivity index (χ3n) is 1.64. The summed E-state index contributed by atoms with van der Waals surface area (Å²) in [7, 11) is 0. The first kappa shape index (κ1) is 8.97. The molecule has 0 saturated carbocycles. The van der Waals surface area contributed by atoms with Gasteiger partial charge in [-0.15, -0.1) is 0 Å². The number of ether oxygens (including phenoxy) is 1. The number of carbonyl (C=O) groups is 2. The smallest absolute Gasteiger partial charge is 0.341 e. The van der Waals surface area contributed by atoms with E-state index in [1.807, 2.05) is 0 Å². The largest absolute Gasteiger partial charge is 0.389 e. The molecule has 1 aliphatic heterocycles. The lowest BCUT2D eigenvalue weighted by Gasteiger charge is -1.97. The van der Waals surface area contributed by atoms with Gasteiger partial charge in [0.05, 0.1) is 6.42 Å². The average Bonchev–Trinajstić information content (AvgIpc) is 2.26. The maximum Gasteiger partial charge on any atom is 0.341 e. The van der Waals surface area contributed by atoms with Crippen molar-refractivity contribution in [3.8, 4) is 0 Å². The number of carbonyl (C=O) groups excluding carboxylic acids is 2. The van der Waals surface area contributed by atoms with Gasteiger partial charge in [-0.25, -0.2) is 4.79 Å². The molecule has 0 aromatic heterocycles. The highest BCUT2D eigenvalue weighted by molar-refractivity contribution is 6.05. The lowest BCUT2D eigenvalue weighted by Crippen LogP contribution is -1.97. The van der Waals surface area contributed by atoms with Crippen molar-refractivity contribution >= 4 is 11.9 Å². The third-order valence-corrected chi connectivity index (χ3v) is 1.64. The van der Waals surface area contributed by atoms with Gasteiger partial charge in [-0.1, -0.05) is 19.9 Å². The maximum atomic E-state index is 10.9. The minimum atomic E-state index is -0.472. The second-order valence-electron chi connectivity index (χ2n) is 3.30. The van der Waals surface area contributed by atoms with Crippen LogP contribution in [0.15, 0.2) is 11.6 Å². The molecule has 0 atom stereocenters. The van der Waals surface area contributed by atoms with Crippen LogP contribution in [0.25, 0.3) is 0 Å². The van der Waals surface area contributed by atoms with Gasteiger partial charge in [-0.3, -0.25) is 4.79 Å². The van der Waals surface area contributed by atoms with Gasteiger partial charge < -0.3 is 4.74 Å². The Labute approximate surface area is 71.4 Å². The minimum absolute atomic E-state index is 0.144. The molecule has 0 radical (unpaired) electrons. The maximum absolute atomic E-state index is 10.9. The Morgan fingerprint density at radius 1 is 1.50 bits per heavy atom. The van der Waals surface area contributed by atoms with Gasteiger partial charge in [-0.2, -0.15) is 0 Å². The highest BCUT2D eigenvalue weighted by atomic mass is 16.6. The van der Waals surface area contributed by atoms with E-state index in [1.165, 1.54) is 0 Å². The summed E-state index contributed by atoms with van der Waals surface area (Å²) in [4.78, 5) is 21.5. The second kappa shape index (κ2) is 3.52. The summed E-state index contributed by atoms with van der Waals surface area (Å²) >= 11 is 0. The quantitative estimate of drug-likeness (QED) is 0.356. The van der Waals surface area contributed by atoms with E-state index >= 15 is 0 Å². The van der Waals surface area contributed by atoms with Crippen LogP contribution in [0, 0.1) is 5.92 Å². The fourth-order valence-electron chi connectivity index (χ4n) is 0.966. The third kappa shape index (κ3) is 2.19. The molecule has 3 nitrogen and oxygen atoms in total. The van der Waals surface area contributed by atoms with Gasteiger partial charge in [0, 0.05) is 5.57 Å². The fourth-order valence-corrected chi connectivity index (χ4v) is 0.966. The molecule has 0 spiro atoms. The lowest BCUT2D eigenvalue weighted by molar-refractivity contribution is -0.151. The molecule has 0 aliphatic carbocycles. The molecule has 1 rings (SSSR count). The molecule has 1 heterocycles. The molecule has 12 heavy (non-hydrogen) atoms. The van der Waals surface area contributed by atoms with E-state index in [4.69, 9.17) is 0 Å². The Balaban J connectivity index is 2.57. The predicted molar refractivity (Wildman–Crippen MR) is 43.3 cm³/mol. The summed E-state index contributed by atoms with van der Waals surface area (Å²) in [6.45, 7) is 4.11. The average molecular weight is 168 g/mol. The summed E-state index contributed by atoms with van der Waals surface area (Å²) in [6.07, 6.45) is 2.75. The van der Waals surface area contributed by atoms with Crippen molar-refractivity contribution < 1.29 is 14.3 Å². The number of esters is 2. The van der Waals surface area contributed by atoms with Gasteiger partial charge in [0.25, 0.3) is 0 Å². The normalized spacial score (nSPS) is 20.8. The molecule has 0 unspecified atom stereocenters. The van der Waals surface area contributed by atoms with Gasteiger partial charge in [0.1, 0.15) is 0 Å². The van der Waals surface area contributed by atoms with Crippen molar-refractivity contribution in [2.24, 2.45) is 5.92 Å². The van der Waals surface area contributed by atoms with Crippen LogP contribution in [-0.2, 0) is 14.3 Å². The van der Waals surface area contributed by atoms with Crippen molar-refractivity contribution in [1.29, 1.82) is 0 Å². The topological polar surface area (TPSA) is 43.4 Å². The van der Waals surface area contributed by atoms with Crippen LogP contribution >= 0.6 is 0 Å². The Bertz CT molecular complexity index is 238. The van der Waals surface area contributed by atoms with Crippen LogP contribution in [0.2, 0.25) is 0 Å². The van der Waals surface area contributed by atoms with Crippen molar-refractivity contribution in [3.05, 3.63) is 11.6 Å². The van der Waals surface area contributed by atoms with Crippen LogP contribution in [0.1, 0.15) is 26.7 Å². The molecule has 3 heteroatoms. The van der Waals surface area contributed by atoms with Gasteiger partial charge >= 0.3 is 11.9 Å². The molecule has 1 saturated heterocycles. The van der Waals surface area contributed by atoms with Gasteiger partial charge in [0.15, 0.2) is 0 Å². The molecule has 0 bridgehead atoms. The van der Waals surface area contributed by atoms with Crippen molar-refractivity contribution in [3.63, 3.8) is 0 Å². The first-order valence-electron chi connectivity index (χ1n) is 4.03. The Morgan fingerprint density at radius 2 is 2.17 bits per heavy atom. The molecule has 0 aromatic carbocycles. The van der Waals surface area contributed by atoms with E-state index in [9.17, 15) is 9.59 Å². The summed E-state index contributed by atoms with van der Waals surface area (Å²) in [5, 5.41) is 0. The van der Waals surface area contributed by atoms with E-state index in [-0.39, 0.29) is 6.42 Å². The van der Waals surface area contributed by atoms with Crippen LogP contribution in [0.5, 0.6) is 0 Å². The van der Waals surface area contributed by atoms with Gasteiger partial charge in [0.2, 0.25) is 0 Å². The Hall–Kier alpha value is -1.12. The zero-order valence-electron chi connectivity index (χ0n) is 7.29. The van der Waals surface area contributed by atoms with Crippen molar-refractivity contribution in [2.75, 3.05) is 0 Å². The molecule has 1 fully saturated rings. The second-order valence-corrected chi connectivity index (χ2v) is 3.30. The molecule has 1 aliphatic rings. The highest BCUT2D eigenvalue weighted by Gasteiger charge is 2.26. The van der Waals surface area contributed by atoms with Crippen molar-refractivity contribution in [2.45, 2.75) is 26.7 Å². The molecular weight excluding hydrogens is 156 g/mol.